The third-order valence-electron chi connectivity index (χ3n) is 2.58. The minimum atomic E-state index is -0.879. The molecule has 2 N–H and O–H groups in total. The smallest absolute Gasteiger partial charge is 0.326 e. The van der Waals surface area contributed by atoms with Crippen molar-refractivity contribution in [2.24, 2.45) is 5.92 Å². The second kappa shape index (κ2) is 4.19. The van der Waals surface area contributed by atoms with Crippen molar-refractivity contribution in [3.8, 4) is 6.07 Å². The number of nitrogens with one attached hydrogen (secondary N) is 1. The zero-order chi connectivity index (χ0) is 11.5. The average Bonchev–Trinajstić information content (AvgIpc) is 3.10. The van der Waals surface area contributed by atoms with Gasteiger partial charge in [0, 0.05) is 6.20 Å². The van der Waals surface area contributed by atoms with Gasteiger partial charge in [0.1, 0.15) is 12.1 Å². The molecule has 0 aromatic carbocycles. The Balaban J connectivity index is 2.18. The van der Waals surface area contributed by atoms with Crippen LogP contribution in [-0.4, -0.2) is 22.1 Å². The number of pyridine rings is 1. The summed E-state index contributed by atoms with van der Waals surface area (Å²) in [4.78, 5) is 14.9. The Kier molecular flexibility index (Phi) is 2.73. The van der Waals surface area contributed by atoms with E-state index < -0.39 is 12.0 Å². The number of hydrogen-bond acceptors (Lipinski definition) is 4. The third kappa shape index (κ3) is 2.11. The van der Waals surface area contributed by atoms with Crippen LogP contribution in [0.25, 0.3) is 0 Å². The van der Waals surface area contributed by atoms with Crippen molar-refractivity contribution in [3.05, 3.63) is 24.0 Å². The molecule has 82 valence electrons. The first-order valence-corrected chi connectivity index (χ1v) is 5.07. The van der Waals surface area contributed by atoms with Gasteiger partial charge in [-0.3, -0.25) is 0 Å². The fourth-order valence-electron chi connectivity index (χ4n) is 1.59. The van der Waals surface area contributed by atoms with Crippen molar-refractivity contribution in [1.82, 2.24) is 4.98 Å². The standard InChI is InChI=1S/C11H11N3O2/c12-6-9-8(2-1-5-13-9)14-10(11(15)16)7-3-4-7/h1-2,5,7,10,14H,3-4H2,(H,15,16). The zero-order valence-corrected chi connectivity index (χ0v) is 8.55. The summed E-state index contributed by atoms with van der Waals surface area (Å²) in [6.07, 6.45) is 3.36. The number of carbonyl (C=O) groups is 1. The van der Waals surface area contributed by atoms with Gasteiger partial charge < -0.3 is 10.4 Å². The number of aromatic nitrogens is 1. The van der Waals surface area contributed by atoms with Gasteiger partial charge in [0.2, 0.25) is 0 Å². The highest BCUT2D eigenvalue weighted by atomic mass is 16.4. The van der Waals surface area contributed by atoms with Crippen LogP contribution in [0.15, 0.2) is 18.3 Å². The summed E-state index contributed by atoms with van der Waals surface area (Å²) >= 11 is 0. The molecule has 0 bridgehead atoms. The summed E-state index contributed by atoms with van der Waals surface area (Å²) in [5.41, 5.74) is 0.721. The topological polar surface area (TPSA) is 86.0 Å². The van der Waals surface area contributed by atoms with E-state index in [1.54, 1.807) is 12.1 Å². The minimum absolute atomic E-state index is 0.171. The van der Waals surface area contributed by atoms with Crippen LogP contribution in [0.2, 0.25) is 0 Å². The van der Waals surface area contributed by atoms with Gasteiger partial charge in [0.15, 0.2) is 5.69 Å². The van der Waals surface area contributed by atoms with Gasteiger partial charge in [0.25, 0.3) is 0 Å². The Morgan fingerprint density at radius 2 is 2.44 bits per heavy atom. The maximum absolute atomic E-state index is 11.0. The highest BCUT2D eigenvalue weighted by Crippen LogP contribution is 2.34. The molecule has 5 heteroatoms. The zero-order valence-electron chi connectivity index (χ0n) is 8.55. The summed E-state index contributed by atoms with van der Waals surface area (Å²) in [5.74, 6) is -0.709. The van der Waals surface area contributed by atoms with E-state index in [9.17, 15) is 4.79 Å². The van der Waals surface area contributed by atoms with Crippen molar-refractivity contribution in [2.45, 2.75) is 18.9 Å². The summed E-state index contributed by atoms with van der Waals surface area (Å²) in [5, 5.41) is 20.7. The molecule has 1 fully saturated rings. The molecule has 0 aliphatic heterocycles. The van der Waals surface area contributed by atoms with E-state index in [-0.39, 0.29) is 11.6 Å². The molecule has 1 saturated carbocycles. The summed E-state index contributed by atoms with van der Waals surface area (Å²) < 4.78 is 0. The van der Waals surface area contributed by atoms with Crippen LogP contribution in [0, 0.1) is 17.2 Å². The maximum atomic E-state index is 11.0. The van der Waals surface area contributed by atoms with Crippen molar-refractivity contribution < 1.29 is 9.90 Å². The van der Waals surface area contributed by atoms with Gasteiger partial charge in [0.05, 0.1) is 5.69 Å². The molecule has 1 atom stereocenters. The highest BCUT2D eigenvalue weighted by molar-refractivity contribution is 5.78. The molecule has 0 radical (unpaired) electrons. The van der Waals surface area contributed by atoms with Gasteiger partial charge in [-0.15, -0.1) is 0 Å². The molecule has 5 nitrogen and oxygen atoms in total. The first-order valence-electron chi connectivity index (χ1n) is 5.07. The monoisotopic (exact) mass is 217 g/mol. The fraction of sp³-hybridized carbons (Fsp3) is 0.364. The lowest BCUT2D eigenvalue weighted by Gasteiger charge is -2.15. The largest absolute Gasteiger partial charge is 0.480 e. The molecular weight excluding hydrogens is 206 g/mol. The lowest BCUT2D eigenvalue weighted by molar-refractivity contribution is -0.138. The molecule has 0 amide bonds. The molecule has 1 aliphatic rings. The number of anilines is 1. The van der Waals surface area contributed by atoms with Gasteiger partial charge in [-0.25, -0.2) is 9.78 Å². The Hall–Kier alpha value is -2.09. The van der Waals surface area contributed by atoms with Crippen LogP contribution in [0.1, 0.15) is 18.5 Å². The Morgan fingerprint density at radius 3 is 3.00 bits per heavy atom. The molecule has 1 aromatic rings. The van der Waals surface area contributed by atoms with E-state index in [0.717, 1.165) is 12.8 Å². The van der Waals surface area contributed by atoms with E-state index >= 15 is 0 Å². The van der Waals surface area contributed by atoms with Crippen LogP contribution >= 0.6 is 0 Å². The van der Waals surface area contributed by atoms with E-state index in [4.69, 9.17) is 10.4 Å². The number of rotatable bonds is 4. The summed E-state index contributed by atoms with van der Waals surface area (Å²) in [6, 6.07) is 4.66. The number of carboxylic acids is 1. The lowest BCUT2D eigenvalue weighted by Crippen LogP contribution is -2.31. The second-order valence-electron chi connectivity index (χ2n) is 3.81. The van der Waals surface area contributed by atoms with Crippen molar-refractivity contribution in [1.29, 1.82) is 5.26 Å². The normalized spacial score (nSPS) is 16.2. The average molecular weight is 217 g/mol. The first-order chi connectivity index (χ1) is 7.72. The number of carboxylic acid groups (broad SMARTS) is 1. The van der Waals surface area contributed by atoms with Crippen molar-refractivity contribution in [2.75, 3.05) is 5.32 Å². The minimum Gasteiger partial charge on any atom is -0.480 e. The summed E-state index contributed by atoms with van der Waals surface area (Å²) in [7, 11) is 0. The Bertz CT molecular complexity index is 449. The molecule has 2 rings (SSSR count). The first kappa shape index (κ1) is 10.4. The van der Waals surface area contributed by atoms with E-state index in [2.05, 4.69) is 10.3 Å². The molecule has 1 aliphatic carbocycles. The molecule has 0 spiro atoms. The van der Waals surface area contributed by atoms with Gasteiger partial charge >= 0.3 is 5.97 Å². The number of nitrogens with zero attached hydrogens (tertiary/aromatic N) is 2. The van der Waals surface area contributed by atoms with Crippen LogP contribution in [-0.2, 0) is 4.79 Å². The van der Waals surface area contributed by atoms with Crippen LogP contribution < -0.4 is 5.32 Å². The third-order valence-corrected chi connectivity index (χ3v) is 2.58. The van der Waals surface area contributed by atoms with E-state index in [1.807, 2.05) is 6.07 Å². The highest BCUT2D eigenvalue weighted by Gasteiger charge is 2.36. The van der Waals surface area contributed by atoms with Gasteiger partial charge in [-0.2, -0.15) is 5.26 Å². The van der Waals surface area contributed by atoms with Crippen LogP contribution in [0.4, 0.5) is 5.69 Å². The second-order valence-corrected chi connectivity index (χ2v) is 3.81. The van der Waals surface area contributed by atoms with Crippen molar-refractivity contribution in [3.63, 3.8) is 0 Å². The Labute approximate surface area is 92.7 Å². The van der Waals surface area contributed by atoms with Crippen LogP contribution in [0.5, 0.6) is 0 Å². The SMILES string of the molecule is N#Cc1ncccc1NC(C(=O)O)C1CC1. The number of nitriles is 1. The van der Waals surface area contributed by atoms with E-state index in [0.29, 0.717) is 5.69 Å². The van der Waals surface area contributed by atoms with Gasteiger partial charge in [-0.1, -0.05) is 0 Å². The molecular formula is C11H11N3O2. The maximum Gasteiger partial charge on any atom is 0.326 e. The fourth-order valence-corrected chi connectivity index (χ4v) is 1.59. The molecule has 1 aromatic heterocycles. The molecule has 1 heterocycles. The Morgan fingerprint density at radius 1 is 1.69 bits per heavy atom. The molecule has 16 heavy (non-hydrogen) atoms. The quantitative estimate of drug-likeness (QED) is 0.792. The van der Waals surface area contributed by atoms with Crippen LogP contribution in [0.3, 0.4) is 0 Å². The molecule has 0 saturated heterocycles. The predicted molar refractivity (Wildman–Crippen MR) is 56.7 cm³/mol. The molecule has 1 unspecified atom stereocenters. The number of aliphatic carboxylic acids is 1. The van der Waals surface area contributed by atoms with Gasteiger partial charge in [-0.05, 0) is 30.9 Å². The predicted octanol–water partition coefficient (Wildman–Crippen LogP) is 1.23. The summed E-state index contributed by atoms with van der Waals surface area (Å²) in [6.45, 7) is 0. The van der Waals surface area contributed by atoms with E-state index in [1.165, 1.54) is 6.20 Å². The van der Waals surface area contributed by atoms with Crippen molar-refractivity contribution >= 4 is 11.7 Å². The lowest BCUT2D eigenvalue weighted by atomic mass is 10.1. The number of hydrogen-bond donors (Lipinski definition) is 2.